The van der Waals surface area contributed by atoms with Crippen molar-refractivity contribution in [3.63, 3.8) is 0 Å². The van der Waals surface area contributed by atoms with Crippen LogP contribution in [0.25, 0.3) is 0 Å². The van der Waals surface area contributed by atoms with Crippen molar-refractivity contribution in [2.45, 2.75) is 6.10 Å². The van der Waals surface area contributed by atoms with E-state index in [-0.39, 0.29) is 19.8 Å². The van der Waals surface area contributed by atoms with Gasteiger partial charge in [-0.3, -0.25) is 0 Å². The topological polar surface area (TPSA) is 71.1 Å². The standard InChI is InChI=1S/C7H10O6/c1-10-4-6(8)11-2-5-3-12-7(9)13-5/h5H,2-4H2,1H3. The fraction of sp³-hybridized carbons (Fsp3) is 0.714. The SMILES string of the molecule is COCC(=O)OCC1COC(=O)O1. The van der Waals surface area contributed by atoms with Gasteiger partial charge in [0.25, 0.3) is 0 Å². The first kappa shape index (κ1) is 9.79. The van der Waals surface area contributed by atoms with Crippen molar-refractivity contribution in [2.24, 2.45) is 0 Å². The first-order chi connectivity index (χ1) is 6.22. The minimum atomic E-state index is -0.729. The third-order valence-corrected chi connectivity index (χ3v) is 1.34. The lowest BCUT2D eigenvalue weighted by Gasteiger charge is -2.06. The zero-order valence-electron chi connectivity index (χ0n) is 7.15. The van der Waals surface area contributed by atoms with Crippen molar-refractivity contribution in [1.82, 2.24) is 0 Å². The molecule has 6 heteroatoms. The van der Waals surface area contributed by atoms with Gasteiger partial charge in [0, 0.05) is 7.11 Å². The maximum absolute atomic E-state index is 10.8. The van der Waals surface area contributed by atoms with Crippen molar-refractivity contribution < 1.29 is 28.5 Å². The third-order valence-electron chi connectivity index (χ3n) is 1.34. The van der Waals surface area contributed by atoms with Gasteiger partial charge in [-0.25, -0.2) is 9.59 Å². The molecule has 1 unspecified atom stereocenters. The predicted molar refractivity (Wildman–Crippen MR) is 39.1 cm³/mol. The highest BCUT2D eigenvalue weighted by atomic mass is 16.8. The molecule has 0 aromatic heterocycles. The van der Waals surface area contributed by atoms with Crippen molar-refractivity contribution in [3.8, 4) is 0 Å². The van der Waals surface area contributed by atoms with Gasteiger partial charge in [0.15, 0.2) is 6.10 Å². The number of carbonyl (C=O) groups is 2. The van der Waals surface area contributed by atoms with Gasteiger partial charge >= 0.3 is 12.1 Å². The number of cyclic esters (lactones) is 2. The van der Waals surface area contributed by atoms with E-state index in [0.29, 0.717) is 0 Å². The lowest BCUT2D eigenvalue weighted by Crippen LogP contribution is -2.22. The maximum Gasteiger partial charge on any atom is 0.508 e. The summed E-state index contributed by atoms with van der Waals surface area (Å²) in [7, 11) is 1.39. The summed E-state index contributed by atoms with van der Waals surface area (Å²) in [6.45, 7) is 0.0224. The van der Waals surface area contributed by atoms with E-state index in [1.807, 2.05) is 0 Å². The lowest BCUT2D eigenvalue weighted by molar-refractivity contribution is -0.150. The fourth-order valence-electron chi connectivity index (χ4n) is 0.793. The number of ether oxygens (including phenoxy) is 4. The van der Waals surface area contributed by atoms with E-state index >= 15 is 0 Å². The Bertz CT molecular complexity index is 201. The smallest absolute Gasteiger partial charge is 0.460 e. The number of esters is 1. The summed E-state index contributed by atoms with van der Waals surface area (Å²) in [5.74, 6) is -0.495. The molecule has 6 nitrogen and oxygen atoms in total. The van der Waals surface area contributed by atoms with E-state index in [4.69, 9.17) is 4.74 Å². The number of hydrogen-bond acceptors (Lipinski definition) is 6. The first-order valence-electron chi connectivity index (χ1n) is 3.70. The van der Waals surface area contributed by atoms with Gasteiger partial charge in [-0.2, -0.15) is 0 Å². The van der Waals surface area contributed by atoms with E-state index in [9.17, 15) is 9.59 Å². The monoisotopic (exact) mass is 190 g/mol. The molecule has 1 fully saturated rings. The number of hydrogen-bond donors (Lipinski definition) is 0. The van der Waals surface area contributed by atoms with E-state index < -0.39 is 18.2 Å². The Labute approximate surface area is 74.7 Å². The largest absolute Gasteiger partial charge is 0.508 e. The summed E-state index contributed by atoms with van der Waals surface area (Å²) >= 11 is 0. The Morgan fingerprint density at radius 2 is 2.46 bits per heavy atom. The molecule has 0 radical (unpaired) electrons. The van der Waals surface area contributed by atoms with Crippen LogP contribution >= 0.6 is 0 Å². The lowest BCUT2D eigenvalue weighted by atomic mass is 10.4. The number of rotatable bonds is 4. The Kier molecular flexibility index (Phi) is 3.51. The van der Waals surface area contributed by atoms with E-state index in [1.165, 1.54) is 7.11 Å². The van der Waals surface area contributed by atoms with E-state index in [0.717, 1.165) is 0 Å². The van der Waals surface area contributed by atoms with Crippen molar-refractivity contribution in [1.29, 1.82) is 0 Å². The minimum Gasteiger partial charge on any atom is -0.460 e. The highest BCUT2D eigenvalue weighted by Gasteiger charge is 2.26. The van der Waals surface area contributed by atoms with Gasteiger partial charge in [0.05, 0.1) is 0 Å². The Hall–Kier alpha value is -1.30. The molecule has 1 heterocycles. The Morgan fingerprint density at radius 1 is 1.69 bits per heavy atom. The van der Waals surface area contributed by atoms with Gasteiger partial charge in [-0.1, -0.05) is 0 Å². The molecule has 0 N–H and O–H groups in total. The fourth-order valence-corrected chi connectivity index (χ4v) is 0.793. The van der Waals surface area contributed by atoms with Crippen LogP contribution in [0.4, 0.5) is 4.79 Å². The summed E-state index contributed by atoms with van der Waals surface area (Å²) in [6, 6.07) is 0. The zero-order valence-corrected chi connectivity index (χ0v) is 7.15. The molecule has 0 saturated carbocycles. The van der Waals surface area contributed by atoms with Gasteiger partial charge in [-0.15, -0.1) is 0 Å². The maximum atomic E-state index is 10.8. The van der Waals surface area contributed by atoms with Gasteiger partial charge in [0.1, 0.15) is 19.8 Å². The quantitative estimate of drug-likeness (QED) is 0.567. The molecule has 1 aliphatic heterocycles. The molecule has 0 aliphatic carbocycles. The summed E-state index contributed by atoms with van der Waals surface area (Å²) in [5.41, 5.74) is 0. The van der Waals surface area contributed by atoms with Crippen LogP contribution in [0.3, 0.4) is 0 Å². The molecule has 0 spiro atoms. The van der Waals surface area contributed by atoms with Crippen LogP contribution in [0.15, 0.2) is 0 Å². The molecular weight excluding hydrogens is 180 g/mol. The van der Waals surface area contributed by atoms with Crippen molar-refractivity contribution in [3.05, 3.63) is 0 Å². The van der Waals surface area contributed by atoms with Crippen LogP contribution in [0.1, 0.15) is 0 Å². The summed E-state index contributed by atoms with van der Waals surface area (Å²) in [5, 5.41) is 0. The van der Waals surface area contributed by atoms with Crippen LogP contribution in [-0.2, 0) is 23.7 Å². The van der Waals surface area contributed by atoms with Gasteiger partial charge < -0.3 is 18.9 Å². The van der Waals surface area contributed by atoms with E-state index in [1.54, 1.807) is 0 Å². The molecule has 0 bridgehead atoms. The summed E-state index contributed by atoms with van der Waals surface area (Å²) in [4.78, 5) is 21.2. The second-order valence-electron chi connectivity index (χ2n) is 2.42. The Morgan fingerprint density at radius 3 is 3.00 bits per heavy atom. The first-order valence-corrected chi connectivity index (χ1v) is 3.70. The van der Waals surface area contributed by atoms with Crippen molar-refractivity contribution >= 4 is 12.1 Å². The van der Waals surface area contributed by atoms with Gasteiger partial charge in [-0.05, 0) is 0 Å². The summed E-state index contributed by atoms with van der Waals surface area (Å²) < 4.78 is 18.3. The molecule has 13 heavy (non-hydrogen) atoms. The predicted octanol–water partition coefficient (Wildman–Crippen LogP) is -0.289. The van der Waals surface area contributed by atoms with E-state index in [2.05, 4.69) is 14.2 Å². The zero-order chi connectivity index (χ0) is 9.68. The number of methoxy groups -OCH3 is 1. The molecule has 0 aromatic carbocycles. The summed E-state index contributed by atoms with van der Waals surface area (Å²) in [6.07, 6.45) is -1.22. The minimum absolute atomic E-state index is 0.00787. The molecular formula is C7H10O6. The van der Waals surface area contributed by atoms with Crippen molar-refractivity contribution in [2.75, 3.05) is 26.9 Å². The molecule has 74 valence electrons. The van der Waals surface area contributed by atoms with Gasteiger partial charge in [0.2, 0.25) is 0 Å². The third kappa shape index (κ3) is 3.29. The van der Waals surface area contributed by atoms with Crippen LogP contribution in [0, 0.1) is 0 Å². The molecule has 1 rings (SSSR count). The van der Waals surface area contributed by atoms with Crippen LogP contribution in [0.5, 0.6) is 0 Å². The molecule has 0 aromatic rings. The second kappa shape index (κ2) is 4.66. The Balaban J connectivity index is 2.12. The molecule has 1 aliphatic rings. The van der Waals surface area contributed by atoms with Crippen LogP contribution in [0.2, 0.25) is 0 Å². The average molecular weight is 190 g/mol. The number of carbonyl (C=O) groups excluding carboxylic acids is 2. The van der Waals surface area contributed by atoms with Crippen LogP contribution < -0.4 is 0 Å². The highest BCUT2D eigenvalue weighted by Crippen LogP contribution is 2.05. The molecule has 1 saturated heterocycles. The molecule has 1 atom stereocenters. The average Bonchev–Trinajstić information content (AvgIpc) is 2.49. The normalized spacial score (nSPS) is 20.7. The molecule has 0 amide bonds. The highest BCUT2D eigenvalue weighted by molar-refractivity contribution is 5.70. The second-order valence-corrected chi connectivity index (χ2v) is 2.42. The van der Waals surface area contributed by atoms with Crippen LogP contribution in [-0.4, -0.2) is 45.2 Å².